The molecular weight excluding hydrogens is 200 g/mol. The third kappa shape index (κ3) is 12.7. The molecule has 0 aromatic carbocycles. The molecule has 80 valence electrons. The van der Waals surface area contributed by atoms with E-state index in [0.717, 1.165) is 24.7 Å². The topological polar surface area (TPSA) is 9.23 Å². The first kappa shape index (κ1) is 13.7. The Balaban J connectivity index is 2.76. The van der Waals surface area contributed by atoms with E-state index in [9.17, 15) is 0 Å². The molecule has 0 aromatic heterocycles. The van der Waals surface area contributed by atoms with E-state index in [1.54, 1.807) is 0 Å². The van der Waals surface area contributed by atoms with Gasteiger partial charge in [0.05, 0.1) is 6.61 Å². The van der Waals surface area contributed by atoms with Crippen LogP contribution in [0, 0.1) is 0 Å². The average Bonchev–Trinajstić information content (AvgIpc) is 2.16. The van der Waals surface area contributed by atoms with E-state index in [1.807, 2.05) is 0 Å². The van der Waals surface area contributed by atoms with Crippen molar-refractivity contribution in [3.8, 4) is 0 Å². The standard InChI is InChI=1S/C10H22OS2/c12-9-6-4-2-1-3-5-7-11-8-10-13/h12-13H,1-10H2. The fourth-order valence-corrected chi connectivity index (χ4v) is 1.54. The van der Waals surface area contributed by atoms with Crippen LogP contribution in [0.1, 0.15) is 38.5 Å². The van der Waals surface area contributed by atoms with Crippen LogP contribution in [-0.4, -0.2) is 24.7 Å². The summed E-state index contributed by atoms with van der Waals surface area (Å²) < 4.78 is 5.32. The van der Waals surface area contributed by atoms with E-state index in [4.69, 9.17) is 4.74 Å². The van der Waals surface area contributed by atoms with Gasteiger partial charge in [0.25, 0.3) is 0 Å². The molecule has 0 radical (unpaired) electrons. The van der Waals surface area contributed by atoms with Gasteiger partial charge in [-0.2, -0.15) is 25.3 Å². The van der Waals surface area contributed by atoms with E-state index in [0.29, 0.717) is 0 Å². The quantitative estimate of drug-likeness (QED) is 0.426. The second kappa shape index (κ2) is 12.7. The van der Waals surface area contributed by atoms with E-state index < -0.39 is 0 Å². The number of thiol groups is 2. The van der Waals surface area contributed by atoms with E-state index in [1.165, 1.54) is 38.5 Å². The van der Waals surface area contributed by atoms with Crippen LogP contribution in [0.5, 0.6) is 0 Å². The fraction of sp³-hybridized carbons (Fsp3) is 1.00. The summed E-state index contributed by atoms with van der Waals surface area (Å²) in [5.74, 6) is 1.87. The Hall–Kier alpha value is 0.660. The van der Waals surface area contributed by atoms with Crippen molar-refractivity contribution in [1.82, 2.24) is 0 Å². The van der Waals surface area contributed by atoms with E-state index in [2.05, 4.69) is 25.3 Å². The molecule has 0 saturated carbocycles. The summed E-state index contributed by atoms with van der Waals surface area (Å²) in [5.41, 5.74) is 0. The number of unbranched alkanes of at least 4 members (excludes halogenated alkanes) is 5. The SMILES string of the molecule is SCCCCCCCCOCCS. The monoisotopic (exact) mass is 222 g/mol. The number of rotatable bonds is 10. The van der Waals surface area contributed by atoms with Crippen LogP contribution >= 0.6 is 25.3 Å². The zero-order chi connectivity index (χ0) is 9.78. The molecule has 0 aliphatic rings. The Labute approximate surface area is 93.4 Å². The van der Waals surface area contributed by atoms with Crippen molar-refractivity contribution >= 4 is 25.3 Å². The average molecular weight is 222 g/mol. The fourth-order valence-electron chi connectivity index (χ4n) is 1.19. The third-order valence-electron chi connectivity index (χ3n) is 1.93. The largest absolute Gasteiger partial charge is 0.381 e. The van der Waals surface area contributed by atoms with Gasteiger partial charge in [-0.1, -0.05) is 25.7 Å². The van der Waals surface area contributed by atoms with Crippen LogP contribution in [-0.2, 0) is 4.74 Å². The van der Waals surface area contributed by atoms with Crippen LogP contribution in [0.4, 0.5) is 0 Å². The van der Waals surface area contributed by atoms with Crippen LogP contribution in [0.15, 0.2) is 0 Å². The van der Waals surface area contributed by atoms with Crippen molar-refractivity contribution < 1.29 is 4.74 Å². The van der Waals surface area contributed by atoms with Gasteiger partial charge in [-0.25, -0.2) is 0 Å². The molecule has 0 amide bonds. The maximum Gasteiger partial charge on any atom is 0.0554 e. The highest BCUT2D eigenvalue weighted by Crippen LogP contribution is 2.05. The Morgan fingerprint density at radius 1 is 0.615 bits per heavy atom. The number of hydrogen-bond acceptors (Lipinski definition) is 3. The lowest BCUT2D eigenvalue weighted by Gasteiger charge is -2.02. The Kier molecular flexibility index (Phi) is 13.3. The predicted octanol–water partition coefficient (Wildman–Crippen LogP) is 3.20. The van der Waals surface area contributed by atoms with Crippen molar-refractivity contribution in [3.63, 3.8) is 0 Å². The lowest BCUT2D eigenvalue weighted by atomic mass is 10.1. The van der Waals surface area contributed by atoms with E-state index >= 15 is 0 Å². The molecule has 0 spiro atoms. The van der Waals surface area contributed by atoms with Gasteiger partial charge in [-0.05, 0) is 18.6 Å². The molecule has 0 unspecified atom stereocenters. The molecular formula is C10H22OS2. The maximum absolute atomic E-state index is 5.32. The smallest absolute Gasteiger partial charge is 0.0554 e. The van der Waals surface area contributed by atoms with Crippen molar-refractivity contribution in [3.05, 3.63) is 0 Å². The highest BCUT2D eigenvalue weighted by Gasteiger charge is 1.90. The van der Waals surface area contributed by atoms with Gasteiger partial charge in [0.2, 0.25) is 0 Å². The highest BCUT2D eigenvalue weighted by atomic mass is 32.1. The van der Waals surface area contributed by atoms with E-state index in [-0.39, 0.29) is 0 Å². The van der Waals surface area contributed by atoms with Crippen molar-refractivity contribution in [2.45, 2.75) is 38.5 Å². The van der Waals surface area contributed by atoms with Gasteiger partial charge in [-0.15, -0.1) is 0 Å². The molecule has 0 atom stereocenters. The molecule has 0 aromatic rings. The second-order valence-electron chi connectivity index (χ2n) is 3.18. The molecule has 0 rings (SSSR count). The molecule has 0 bridgehead atoms. The Morgan fingerprint density at radius 2 is 1.23 bits per heavy atom. The summed E-state index contributed by atoms with van der Waals surface area (Å²) in [6.45, 7) is 1.70. The molecule has 0 N–H and O–H groups in total. The summed E-state index contributed by atoms with van der Waals surface area (Å²) in [4.78, 5) is 0. The zero-order valence-corrected chi connectivity index (χ0v) is 10.2. The summed E-state index contributed by atoms with van der Waals surface area (Å²) in [7, 11) is 0. The first-order chi connectivity index (χ1) is 6.41. The van der Waals surface area contributed by atoms with Gasteiger partial charge >= 0.3 is 0 Å². The number of ether oxygens (including phenoxy) is 1. The predicted molar refractivity (Wildman–Crippen MR) is 66.2 cm³/mol. The molecule has 0 saturated heterocycles. The van der Waals surface area contributed by atoms with Crippen molar-refractivity contribution in [2.24, 2.45) is 0 Å². The minimum Gasteiger partial charge on any atom is -0.381 e. The molecule has 3 heteroatoms. The first-order valence-electron chi connectivity index (χ1n) is 5.21. The second-order valence-corrected chi connectivity index (χ2v) is 4.08. The molecule has 0 heterocycles. The minimum atomic E-state index is 0.794. The Morgan fingerprint density at radius 3 is 1.85 bits per heavy atom. The summed E-state index contributed by atoms with van der Waals surface area (Å²) >= 11 is 8.25. The van der Waals surface area contributed by atoms with Gasteiger partial charge in [0.1, 0.15) is 0 Å². The first-order valence-corrected chi connectivity index (χ1v) is 6.47. The lowest BCUT2D eigenvalue weighted by molar-refractivity contribution is 0.145. The zero-order valence-electron chi connectivity index (χ0n) is 8.37. The minimum absolute atomic E-state index is 0.794. The van der Waals surface area contributed by atoms with Crippen molar-refractivity contribution in [2.75, 3.05) is 24.7 Å². The van der Waals surface area contributed by atoms with Crippen molar-refractivity contribution in [1.29, 1.82) is 0 Å². The van der Waals surface area contributed by atoms with Gasteiger partial charge in [-0.3, -0.25) is 0 Å². The van der Waals surface area contributed by atoms with Crippen LogP contribution in [0.25, 0.3) is 0 Å². The van der Waals surface area contributed by atoms with Crippen LogP contribution in [0.3, 0.4) is 0 Å². The maximum atomic E-state index is 5.32. The molecule has 0 aliphatic carbocycles. The Bertz CT molecular complexity index is 79.0. The molecule has 0 fully saturated rings. The van der Waals surface area contributed by atoms with Crippen LogP contribution in [0.2, 0.25) is 0 Å². The molecule has 0 aliphatic heterocycles. The van der Waals surface area contributed by atoms with Gasteiger partial charge in [0, 0.05) is 12.4 Å². The molecule has 13 heavy (non-hydrogen) atoms. The summed E-state index contributed by atoms with van der Waals surface area (Å²) in [6.07, 6.45) is 7.80. The normalized spacial score (nSPS) is 10.6. The van der Waals surface area contributed by atoms with Crippen LogP contribution < -0.4 is 0 Å². The third-order valence-corrected chi connectivity index (χ3v) is 2.43. The summed E-state index contributed by atoms with van der Waals surface area (Å²) in [6, 6.07) is 0. The van der Waals surface area contributed by atoms with Gasteiger partial charge < -0.3 is 4.74 Å². The summed E-state index contributed by atoms with van der Waals surface area (Å²) in [5, 5.41) is 0. The number of hydrogen-bond donors (Lipinski definition) is 2. The lowest BCUT2D eigenvalue weighted by Crippen LogP contribution is -1.97. The molecule has 1 nitrogen and oxygen atoms in total. The highest BCUT2D eigenvalue weighted by molar-refractivity contribution is 7.80. The van der Waals surface area contributed by atoms with Gasteiger partial charge in [0.15, 0.2) is 0 Å².